The van der Waals surface area contributed by atoms with E-state index in [1.54, 1.807) is 10.8 Å². The molecule has 2 N–H and O–H groups in total. The summed E-state index contributed by atoms with van der Waals surface area (Å²) in [4.78, 5) is 12.1. The number of rotatable bonds is 5. The normalized spacial score (nSPS) is 15.2. The number of benzene rings is 1. The zero-order valence-electron chi connectivity index (χ0n) is 17.6. The molecule has 0 bridgehead atoms. The number of fused-ring (bicyclic) bond motifs is 1. The molecule has 0 fully saturated rings. The Hall–Kier alpha value is -2.61. The SMILES string of the molecule is O=C(NCC=C1CCCn2nnc(-c3ccc(C(F)(F)F)cc3)c21)NS(=O)(=O)c1cc(Cl)c(Cl)s1. The van der Waals surface area contributed by atoms with Gasteiger partial charge in [0.05, 0.1) is 16.3 Å². The zero-order chi connectivity index (χ0) is 25.4. The fourth-order valence-electron chi connectivity index (χ4n) is 3.47. The van der Waals surface area contributed by atoms with E-state index in [2.05, 4.69) is 15.6 Å². The molecule has 15 heteroatoms. The Kier molecular flexibility index (Phi) is 7.13. The zero-order valence-corrected chi connectivity index (χ0v) is 20.7. The molecular formula is C20H16Cl2F3N5O3S2. The van der Waals surface area contributed by atoms with Crippen LogP contribution in [0.5, 0.6) is 0 Å². The number of nitrogens with one attached hydrogen (secondary N) is 2. The number of thiophene rings is 1. The van der Waals surface area contributed by atoms with Gasteiger partial charge in [-0.05, 0) is 36.6 Å². The summed E-state index contributed by atoms with van der Waals surface area (Å²) in [6.07, 6.45) is -1.39. The van der Waals surface area contributed by atoms with Gasteiger partial charge in [0, 0.05) is 18.7 Å². The van der Waals surface area contributed by atoms with Gasteiger partial charge >= 0.3 is 12.2 Å². The van der Waals surface area contributed by atoms with Crippen LogP contribution in [0.2, 0.25) is 9.36 Å². The van der Waals surface area contributed by atoms with Gasteiger partial charge in [-0.3, -0.25) is 0 Å². The summed E-state index contributed by atoms with van der Waals surface area (Å²) in [5.74, 6) is 0. The topological polar surface area (TPSA) is 106 Å². The van der Waals surface area contributed by atoms with Crippen LogP contribution >= 0.6 is 34.5 Å². The number of halogens is 5. The maximum Gasteiger partial charge on any atom is 0.416 e. The molecule has 0 unspecified atom stereocenters. The Labute approximate surface area is 211 Å². The molecule has 4 rings (SSSR count). The number of alkyl halides is 3. The summed E-state index contributed by atoms with van der Waals surface area (Å²) >= 11 is 12.3. The van der Waals surface area contributed by atoms with E-state index in [0.717, 1.165) is 30.2 Å². The lowest BCUT2D eigenvalue weighted by molar-refractivity contribution is -0.137. The third-order valence-corrected chi connectivity index (χ3v) is 8.74. The van der Waals surface area contributed by atoms with E-state index in [4.69, 9.17) is 23.2 Å². The Morgan fingerprint density at radius 1 is 1.23 bits per heavy atom. The van der Waals surface area contributed by atoms with Crippen molar-refractivity contribution >= 4 is 56.2 Å². The average Bonchev–Trinajstić information content (AvgIpc) is 3.37. The highest BCUT2D eigenvalue weighted by Gasteiger charge is 2.30. The number of nitrogens with zero attached hydrogens (tertiary/aromatic N) is 3. The molecule has 0 atom stereocenters. The standard InChI is InChI=1S/C20H16Cl2F3N5O3S2/c21-14-10-15(34-18(14)22)35(32,33)28-19(31)26-8-7-12-2-1-9-30-17(12)16(27-29-30)11-3-5-13(6-4-11)20(23,24)25/h3-7,10H,1-2,8-9H2,(H2,26,28,31). The van der Waals surface area contributed by atoms with Gasteiger partial charge in [0.25, 0.3) is 10.0 Å². The van der Waals surface area contributed by atoms with Gasteiger partial charge in [-0.1, -0.05) is 46.6 Å². The molecule has 2 amide bonds. The van der Waals surface area contributed by atoms with Gasteiger partial charge in [-0.2, -0.15) is 13.2 Å². The third-order valence-electron chi connectivity index (χ3n) is 5.07. The third kappa shape index (κ3) is 5.63. The molecule has 3 heterocycles. The summed E-state index contributed by atoms with van der Waals surface area (Å²) in [6.45, 7) is 0.568. The maximum atomic E-state index is 12.9. The smallest absolute Gasteiger partial charge is 0.334 e. The van der Waals surface area contributed by atoms with E-state index >= 15 is 0 Å². The van der Waals surface area contributed by atoms with E-state index in [1.165, 1.54) is 12.1 Å². The highest BCUT2D eigenvalue weighted by Crippen LogP contribution is 2.36. The van der Waals surface area contributed by atoms with Gasteiger partial charge < -0.3 is 5.32 Å². The highest BCUT2D eigenvalue weighted by atomic mass is 35.5. The highest BCUT2D eigenvalue weighted by molar-refractivity contribution is 7.92. The molecule has 1 aliphatic heterocycles. The van der Waals surface area contributed by atoms with Crippen LogP contribution in [-0.2, 0) is 22.7 Å². The van der Waals surface area contributed by atoms with Crippen LogP contribution in [0.4, 0.5) is 18.0 Å². The van der Waals surface area contributed by atoms with E-state index in [1.807, 2.05) is 4.72 Å². The quantitative estimate of drug-likeness (QED) is 0.442. The van der Waals surface area contributed by atoms with Gasteiger partial charge in [0.1, 0.15) is 14.2 Å². The first-order chi connectivity index (χ1) is 16.5. The Bertz CT molecular complexity index is 1380. The predicted octanol–water partition coefficient (Wildman–Crippen LogP) is 5.20. The molecule has 0 radical (unpaired) electrons. The summed E-state index contributed by atoms with van der Waals surface area (Å²) in [5.41, 5.74) is 1.53. The lowest BCUT2D eigenvalue weighted by atomic mass is 9.97. The van der Waals surface area contributed by atoms with Crippen molar-refractivity contribution in [3.63, 3.8) is 0 Å². The molecule has 0 saturated heterocycles. The van der Waals surface area contributed by atoms with Gasteiger partial charge in [-0.15, -0.1) is 16.4 Å². The number of aryl methyl sites for hydroxylation is 1. The lowest BCUT2D eigenvalue weighted by Gasteiger charge is -2.18. The first-order valence-corrected chi connectivity index (χ1v) is 13.1. The molecule has 2 aromatic heterocycles. The van der Waals surface area contributed by atoms with Crippen molar-refractivity contribution in [2.45, 2.75) is 29.8 Å². The number of urea groups is 1. The van der Waals surface area contributed by atoms with Crippen LogP contribution in [0.1, 0.15) is 24.1 Å². The second-order valence-electron chi connectivity index (χ2n) is 7.42. The van der Waals surface area contributed by atoms with Gasteiger partial charge in [-0.25, -0.2) is 22.6 Å². The Balaban J connectivity index is 1.48. The van der Waals surface area contributed by atoms with Crippen molar-refractivity contribution < 1.29 is 26.4 Å². The minimum atomic E-state index is -4.45. The van der Waals surface area contributed by atoms with Crippen molar-refractivity contribution in [3.8, 4) is 11.3 Å². The number of carbonyl (C=O) groups is 1. The second kappa shape index (κ2) is 9.80. The van der Waals surface area contributed by atoms with E-state index < -0.39 is 27.8 Å². The summed E-state index contributed by atoms with van der Waals surface area (Å²) in [6, 6.07) is 4.82. The number of hydrogen-bond acceptors (Lipinski definition) is 6. The summed E-state index contributed by atoms with van der Waals surface area (Å²) in [5, 5.41) is 10.7. The molecule has 3 aromatic rings. The molecule has 1 aromatic carbocycles. The largest absolute Gasteiger partial charge is 0.416 e. The van der Waals surface area contributed by atoms with E-state index in [-0.39, 0.29) is 20.1 Å². The van der Waals surface area contributed by atoms with Crippen LogP contribution < -0.4 is 10.0 Å². The number of aromatic nitrogens is 3. The lowest BCUT2D eigenvalue weighted by Crippen LogP contribution is -2.39. The maximum absolute atomic E-state index is 12.9. The number of amides is 2. The van der Waals surface area contributed by atoms with E-state index in [0.29, 0.717) is 41.3 Å². The fraction of sp³-hybridized carbons (Fsp3) is 0.250. The Morgan fingerprint density at radius 2 is 1.94 bits per heavy atom. The fourth-order valence-corrected chi connectivity index (χ4v) is 6.28. The number of allylic oxidation sites excluding steroid dienone is 1. The summed E-state index contributed by atoms with van der Waals surface area (Å²) < 4.78 is 66.7. The van der Waals surface area contributed by atoms with Crippen molar-refractivity contribution in [1.82, 2.24) is 25.0 Å². The monoisotopic (exact) mass is 565 g/mol. The van der Waals surface area contributed by atoms with Crippen LogP contribution in [0, 0.1) is 0 Å². The second-order valence-corrected chi connectivity index (χ2v) is 11.4. The van der Waals surface area contributed by atoms with Crippen LogP contribution in [0.25, 0.3) is 16.8 Å². The molecule has 35 heavy (non-hydrogen) atoms. The molecular weight excluding hydrogens is 550 g/mol. The van der Waals surface area contributed by atoms with Gasteiger partial charge in [0.15, 0.2) is 0 Å². The molecule has 0 saturated carbocycles. The number of carbonyl (C=O) groups excluding carboxylic acids is 1. The number of sulfonamides is 1. The number of hydrogen-bond donors (Lipinski definition) is 2. The van der Waals surface area contributed by atoms with Crippen molar-refractivity contribution in [1.29, 1.82) is 0 Å². The molecule has 1 aliphatic rings. The summed E-state index contributed by atoms with van der Waals surface area (Å²) in [7, 11) is -4.15. The minimum Gasteiger partial charge on any atom is -0.334 e. The van der Waals surface area contributed by atoms with Crippen LogP contribution in [-0.4, -0.2) is 36.0 Å². The van der Waals surface area contributed by atoms with Crippen LogP contribution in [0.3, 0.4) is 0 Å². The first-order valence-electron chi connectivity index (χ1n) is 10.0. The van der Waals surface area contributed by atoms with E-state index in [9.17, 15) is 26.4 Å². The van der Waals surface area contributed by atoms with Crippen molar-refractivity contribution in [2.24, 2.45) is 0 Å². The molecule has 0 spiro atoms. The van der Waals surface area contributed by atoms with Crippen molar-refractivity contribution in [3.05, 3.63) is 57.0 Å². The molecule has 0 aliphatic carbocycles. The minimum absolute atomic E-state index is 0.0136. The molecule has 186 valence electrons. The Morgan fingerprint density at radius 3 is 2.57 bits per heavy atom. The molecule has 8 nitrogen and oxygen atoms in total. The van der Waals surface area contributed by atoms with Crippen LogP contribution in [0.15, 0.2) is 40.6 Å². The van der Waals surface area contributed by atoms with Crippen molar-refractivity contribution in [2.75, 3.05) is 6.54 Å². The predicted molar refractivity (Wildman–Crippen MR) is 126 cm³/mol. The average molecular weight is 566 g/mol. The first kappa shape index (κ1) is 25.5. The van der Waals surface area contributed by atoms with Gasteiger partial charge in [0.2, 0.25) is 0 Å².